The molecule has 0 saturated carbocycles. The molecule has 0 heterocycles. The first-order chi connectivity index (χ1) is 9.86. The lowest BCUT2D eigenvalue weighted by Crippen LogP contribution is -2.44. The van der Waals surface area contributed by atoms with Crippen LogP contribution in [0.4, 0.5) is 0 Å². The van der Waals surface area contributed by atoms with Crippen LogP contribution in [0.1, 0.15) is 32.8 Å². The predicted octanol–water partition coefficient (Wildman–Crippen LogP) is 3.38. The number of ketones is 1. The van der Waals surface area contributed by atoms with E-state index in [1.165, 1.54) is 0 Å². The van der Waals surface area contributed by atoms with Crippen molar-refractivity contribution in [2.24, 2.45) is 5.41 Å². The van der Waals surface area contributed by atoms with Gasteiger partial charge in [-0.15, -0.1) is 0 Å². The highest BCUT2D eigenvalue weighted by Gasteiger charge is 2.48. The van der Waals surface area contributed by atoms with E-state index in [9.17, 15) is 9.90 Å². The molecule has 1 atom stereocenters. The van der Waals surface area contributed by atoms with Crippen LogP contribution in [0.2, 0.25) is 0 Å². The van der Waals surface area contributed by atoms with Crippen molar-refractivity contribution < 1.29 is 14.6 Å². The van der Waals surface area contributed by atoms with Crippen molar-refractivity contribution in [3.05, 3.63) is 53.6 Å². The molecule has 0 aliphatic heterocycles. The molecule has 3 nitrogen and oxygen atoms in total. The number of benzene rings is 1. The molecule has 112 valence electrons. The molecule has 0 saturated heterocycles. The molecule has 1 aliphatic carbocycles. The fraction of sp³-hybridized carbons (Fsp3) is 0.389. The zero-order valence-electron chi connectivity index (χ0n) is 13.0. The van der Waals surface area contributed by atoms with E-state index in [2.05, 4.69) is 0 Å². The van der Waals surface area contributed by atoms with Crippen molar-refractivity contribution >= 4 is 5.78 Å². The minimum atomic E-state index is -1.21. The van der Waals surface area contributed by atoms with Gasteiger partial charge in [0.25, 0.3) is 0 Å². The number of rotatable bonds is 4. The van der Waals surface area contributed by atoms with Crippen LogP contribution in [0, 0.1) is 5.41 Å². The van der Waals surface area contributed by atoms with Gasteiger partial charge < -0.3 is 9.84 Å². The first-order valence-corrected chi connectivity index (χ1v) is 7.17. The maximum absolute atomic E-state index is 12.2. The zero-order valence-corrected chi connectivity index (χ0v) is 13.0. The maximum atomic E-state index is 12.2. The third-order valence-electron chi connectivity index (χ3n) is 4.38. The molecule has 0 fully saturated rings. The molecule has 0 amide bonds. The summed E-state index contributed by atoms with van der Waals surface area (Å²) in [5.74, 6) is 0.802. The molecule has 1 N–H and O–H groups in total. The van der Waals surface area contributed by atoms with Gasteiger partial charge >= 0.3 is 0 Å². The van der Waals surface area contributed by atoms with Crippen molar-refractivity contribution in [1.29, 1.82) is 0 Å². The Hall–Kier alpha value is -1.87. The average Bonchev–Trinajstić information content (AvgIpc) is 2.49. The summed E-state index contributed by atoms with van der Waals surface area (Å²) in [4.78, 5) is 12.2. The second-order valence-electron chi connectivity index (χ2n) is 5.84. The Bertz CT molecular complexity index is 593. The molecule has 1 aromatic carbocycles. The van der Waals surface area contributed by atoms with Gasteiger partial charge in [0.1, 0.15) is 11.4 Å². The molecule has 2 rings (SSSR count). The maximum Gasteiger partial charge on any atom is 0.159 e. The van der Waals surface area contributed by atoms with Gasteiger partial charge in [0.2, 0.25) is 0 Å². The number of hydrogen-bond donors (Lipinski definition) is 1. The summed E-state index contributed by atoms with van der Waals surface area (Å²) in [5.41, 5.74) is -0.498. The van der Waals surface area contributed by atoms with E-state index in [0.717, 1.165) is 11.3 Å². The normalized spacial score (nSPS) is 23.6. The van der Waals surface area contributed by atoms with Crippen molar-refractivity contribution in [3.8, 4) is 5.75 Å². The Morgan fingerprint density at radius 3 is 2.38 bits per heavy atom. The number of methoxy groups -OCH3 is 1. The van der Waals surface area contributed by atoms with E-state index in [1.54, 1.807) is 19.3 Å². The van der Waals surface area contributed by atoms with E-state index in [4.69, 9.17) is 4.74 Å². The van der Waals surface area contributed by atoms with Gasteiger partial charge in [-0.05, 0) is 23.8 Å². The van der Waals surface area contributed by atoms with E-state index in [-0.39, 0.29) is 5.78 Å². The Morgan fingerprint density at radius 2 is 1.86 bits per heavy atom. The number of allylic oxidation sites excluding steroid dienone is 2. The summed E-state index contributed by atoms with van der Waals surface area (Å²) in [5, 5.41) is 11.2. The highest BCUT2D eigenvalue weighted by Crippen LogP contribution is 2.48. The first kappa shape index (κ1) is 15.5. The average molecular weight is 286 g/mol. The van der Waals surface area contributed by atoms with Crippen LogP contribution in [0.5, 0.6) is 5.75 Å². The Kier molecular flexibility index (Phi) is 4.06. The van der Waals surface area contributed by atoms with E-state index in [1.807, 2.05) is 51.1 Å². The van der Waals surface area contributed by atoms with Gasteiger partial charge in [0.05, 0.1) is 7.11 Å². The lowest BCUT2D eigenvalue weighted by Gasteiger charge is -2.44. The van der Waals surface area contributed by atoms with Crippen LogP contribution >= 0.6 is 0 Å². The first-order valence-electron chi connectivity index (χ1n) is 7.17. The molecule has 1 unspecified atom stereocenters. The number of hydrogen-bond acceptors (Lipinski definition) is 3. The topological polar surface area (TPSA) is 46.5 Å². The molecule has 0 spiro atoms. The molecular weight excluding hydrogens is 264 g/mol. The third kappa shape index (κ3) is 2.42. The lowest BCUT2D eigenvalue weighted by molar-refractivity contribution is -0.118. The number of carbonyl (C=O) groups excluding carboxylic acids is 1. The Morgan fingerprint density at radius 1 is 1.24 bits per heavy atom. The summed E-state index contributed by atoms with van der Waals surface area (Å²) in [7, 11) is 1.61. The molecule has 0 aromatic heterocycles. The SMILES string of the molecule is CCC(=O)C1=CC=CC(O)(c2ccc(OC)cc2)C1(C)C. The molecule has 1 aromatic rings. The smallest absolute Gasteiger partial charge is 0.159 e. The molecule has 0 radical (unpaired) electrons. The van der Waals surface area contributed by atoms with Crippen molar-refractivity contribution in [2.45, 2.75) is 32.8 Å². The Balaban J connectivity index is 2.48. The highest BCUT2D eigenvalue weighted by molar-refractivity contribution is 5.97. The Labute approximate surface area is 125 Å². The van der Waals surface area contributed by atoms with E-state index >= 15 is 0 Å². The van der Waals surface area contributed by atoms with Gasteiger partial charge in [-0.3, -0.25) is 4.79 Å². The summed E-state index contributed by atoms with van der Waals surface area (Å²) < 4.78 is 5.15. The van der Waals surface area contributed by atoms with Gasteiger partial charge in [-0.2, -0.15) is 0 Å². The number of carbonyl (C=O) groups is 1. The summed E-state index contributed by atoms with van der Waals surface area (Å²) in [6, 6.07) is 7.31. The second kappa shape index (κ2) is 5.49. The molecular formula is C18H22O3. The van der Waals surface area contributed by atoms with Crippen molar-refractivity contribution in [1.82, 2.24) is 0 Å². The summed E-state index contributed by atoms with van der Waals surface area (Å²) in [6.45, 7) is 5.64. The van der Waals surface area contributed by atoms with Crippen LogP contribution in [-0.4, -0.2) is 18.0 Å². The van der Waals surface area contributed by atoms with Crippen LogP contribution in [0.3, 0.4) is 0 Å². The number of aliphatic hydroxyl groups is 1. The fourth-order valence-corrected chi connectivity index (χ4v) is 2.84. The second-order valence-corrected chi connectivity index (χ2v) is 5.84. The highest BCUT2D eigenvalue weighted by atomic mass is 16.5. The van der Waals surface area contributed by atoms with Gasteiger partial charge in [0, 0.05) is 17.4 Å². The monoisotopic (exact) mass is 286 g/mol. The number of ether oxygens (including phenoxy) is 1. The van der Waals surface area contributed by atoms with Crippen molar-refractivity contribution in [3.63, 3.8) is 0 Å². The van der Waals surface area contributed by atoms with Gasteiger partial charge in [0.15, 0.2) is 5.78 Å². The molecule has 21 heavy (non-hydrogen) atoms. The fourth-order valence-electron chi connectivity index (χ4n) is 2.84. The minimum Gasteiger partial charge on any atom is -0.497 e. The standard InChI is InChI=1S/C18H22O3/c1-5-16(19)15-7-6-12-18(20,17(15,2)3)13-8-10-14(21-4)11-9-13/h6-12,20H,5H2,1-4H3. The third-order valence-corrected chi connectivity index (χ3v) is 4.38. The largest absolute Gasteiger partial charge is 0.497 e. The van der Waals surface area contributed by atoms with Crippen LogP contribution < -0.4 is 4.74 Å². The van der Waals surface area contributed by atoms with Gasteiger partial charge in [-0.1, -0.05) is 45.1 Å². The zero-order chi connectivity index (χ0) is 15.7. The van der Waals surface area contributed by atoms with E-state index < -0.39 is 11.0 Å². The number of Topliss-reactive ketones (excluding diaryl/α,β-unsaturated/α-hetero) is 1. The summed E-state index contributed by atoms with van der Waals surface area (Å²) in [6.07, 6.45) is 5.76. The molecule has 3 heteroatoms. The van der Waals surface area contributed by atoms with Crippen LogP contribution in [0.15, 0.2) is 48.1 Å². The van der Waals surface area contributed by atoms with Gasteiger partial charge in [-0.25, -0.2) is 0 Å². The predicted molar refractivity (Wildman–Crippen MR) is 83.2 cm³/mol. The minimum absolute atomic E-state index is 0.0660. The molecule has 0 bridgehead atoms. The van der Waals surface area contributed by atoms with Crippen LogP contribution in [-0.2, 0) is 10.4 Å². The van der Waals surface area contributed by atoms with E-state index in [0.29, 0.717) is 12.0 Å². The summed E-state index contributed by atoms with van der Waals surface area (Å²) >= 11 is 0. The quantitative estimate of drug-likeness (QED) is 0.923. The lowest BCUT2D eigenvalue weighted by atomic mass is 9.63. The van der Waals surface area contributed by atoms with Crippen molar-refractivity contribution in [2.75, 3.05) is 7.11 Å². The van der Waals surface area contributed by atoms with Crippen LogP contribution in [0.25, 0.3) is 0 Å². The molecule has 1 aliphatic rings.